The summed E-state index contributed by atoms with van der Waals surface area (Å²) in [6, 6.07) is 13.2. The Hall–Kier alpha value is -2.29. The molecule has 1 N–H and O–H groups in total. The fourth-order valence-corrected chi connectivity index (χ4v) is 4.62. The van der Waals surface area contributed by atoms with Crippen molar-refractivity contribution in [2.24, 2.45) is 5.92 Å². The van der Waals surface area contributed by atoms with Crippen molar-refractivity contribution in [3.63, 3.8) is 0 Å². The van der Waals surface area contributed by atoms with Crippen LogP contribution in [0.2, 0.25) is 0 Å². The Morgan fingerprint density at radius 1 is 1.17 bits per heavy atom. The molecule has 1 fully saturated rings. The first-order valence-electron chi connectivity index (χ1n) is 9.89. The minimum Gasteiger partial charge on any atom is -0.448 e. The van der Waals surface area contributed by atoms with Gasteiger partial charge in [-0.15, -0.1) is 0 Å². The van der Waals surface area contributed by atoms with Gasteiger partial charge in [-0.2, -0.15) is 4.37 Å². The average Bonchev–Trinajstić information content (AvgIpc) is 3.24. The number of ether oxygens (including phenoxy) is 1. The largest absolute Gasteiger partial charge is 0.448 e. The molecule has 1 aliphatic heterocycles. The SMILES string of the molecule is O=C(Nc1cccc2sncc12)OCCN1CCC(C(=O)c2ccc(Br)cc2)CC1. The maximum Gasteiger partial charge on any atom is 0.411 e. The van der Waals surface area contributed by atoms with Crippen LogP contribution in [0.25, 0.3) is 10.1 Å². The van der Waals surface area contributed by atoms with Gasteiger partial charge in [0, 0.05) is 27.9 Å². The van der Waals surface area contributed by atoms with E-state index < -0.39 is 6.09 Å². The maximum atomic E-state index is 12.7. The van der Waals surface area contributed by atoms with Crippen LogP contribution in [0.15, 0.2) is 53.1 Å². The van der Waals surface area contributed by atoms with Crippen LogP contribution in [-0.4, -0.2) is 47.4 Å². The lowest BCUT2D eigenvalue weighted by molar-refractivity contribution is 0.0813. The van der Waals surface area contributed by atoms with E-state index in [-0.39, 0.29) is 11.7 Å². The van der Waals surface area contributed by atoms with Crippen LogP contribution in [0.1, 0.15) is 23.2 Å². The van der Waals surface area contributed by atoms with E-state index in [1.54, 1.807) is 6.20 Å². The Kier molecular flexibility index (Phi) is 6.76. The Morgan fingerprint density at radius 3 is 2.70 bits per heavy atom. The number of aromatic nitrogens is 1. The number of anilines is 1. The number of nitrogens with zero attached hydrogens (tertiary/aromatic N) is 2. The van der Waals surface area contributed by atoms with E-state index in [2.05, 4.69) is 30.5 Å². The molecule has 1 aliphatic rings. The van der Waals surface area contributed by atoms with E-state index in [0.717, 1.165) is 46.1 Å². The number of ketones is 1. The number of Topliss-reactive ketones (excluding diaryl/α,β-unsaturated/α-hetero) is 1. The summed E-state index contributed by atoms with van der Waals surface area (Å²) >= 11 is 4.79. The summed E-state index contributed by atoms with van der Waals surface area (Å²) < 4.78 is 11.5. The fourth-order valence-electron chi connectivity index (χ4n) is 3.68. The number of piperidine rings is 1. The Morgan fingerprint density at radius 2 is 1.93 bits per heavy atom. The molecular weight excluding hydrogens is 466 g/mol. The molecule has 156 valence electrons. The molecule has 0 saturated carbocycles. The molecule has 2 aromatic carbocycles. The number of hydrogen-bond acceptors (Lipinski definition) is 6. The van der Waals surface area contributed by atoms with Gasteiger partial charge in [0.2, 0.25) is 0 Å². The Balaban J connectivity index is 1.19. The monoisotopic (exact) mass is 487 g/mol. The second kappa shape index (κ2) is 9.68. The maximum absolute atomic E-state index is 12.7. The highest BCUT2D eigenvalue weighted by molar-refractivity contribution is 9.10. The van der Waals surface area contributed by atoms with Crippen molar-refractivity contribution in [1.29, 1.82) is 0 Å². The van der Waals surface area contributed by atoms with Gasteiger partial charge in [-0.3, -0.25) is 15.0 Å². The van der Waals surface area contributed by atoms with Crippen molar-refractivity contribution in [3.05, 3.63) is 58.7 Å². The quantitative estimate of drug-likeness (QED) is 0.483. The van der Waals surface area contributed by atoms with Crippen LogP contribution in [-0.2, 0) is 4.74 Å². The van der Waals surface area contributed by atoms with E-state index in [1.165, 1.54) is 11.5 Å². The number of nitrogens with one attached hydrogen (secondary N) is 1. The number of hydrogen-bond donors (Lipinski definition) is 1. The van der Waals surface area contributed by atoms with Gasteiger partial charge in [0.1, 0.15) is 6.61 Å². The minimum absolute atomic E-state index is 0.0614. The highest BCUT2D eigenvalue weighted by atomic mass is 79.9. The predicted octanol–water partition coefficient (Wildman–Crippen LogP) is 5.20. The molecule has 1 aromatic heterocycles. The number of halogens is 1. The molecule has 2 heterocycles. The van der Waals surface area contributed by atoms with Gasteiger partial charge < -0.3 is 4.74 Å². The van der Waals surface area contributed by atoms with Gasteiger partial charge >= 0.3 is 6.09 Å². The van der Waals surface area contributed by atoms with E-state index in [0.29, 0.717) is 18.8 Å². The van der Waals surface area contributed by atoms with Gasteiger partial charge in [0.05, 0.1) is 16.6 Å². The third-order valence-corrected chi connectivity index (χ3v) is 6.66. The van der Waals surface area contributed by atoms with Crippen LogP contribution in [0, 0.1) is 5.92 Å². The van der Waals surface area contributed by atoms with Crippen LogP contribution in [0.4, 0.5) is 10.5 Å². The second-order valence-corrected chi connectivity index (χ2v) is 9.04. The Labute approximate surface area is 187 Å². The number of carbonyl (C=O) groups is 2. The molecule has 0 unspecified atom stereocenters. The summed E-state index contributed by atoms with van der Waals surface area (Å²) in [6.45, 7) is 2.64. The van der Waals surface area contributed by atoms with Gasteiger partial charge in [-0.25, -0.2) is 4.79 Å². The molecule has 6 nitrogen and oxygen atoms in total. The van der Waals surface area contributed by atoms with Crippen molar-refractivity contribution in [2.45, 2.75) is 12.8 Å². The first-order chi connectivity index (χ1) is 14.6. The van der Waals surface area contributed by atoms with Crippen molar-refractivity contribution >= 4 is 55.1 Å². The first kappa shape index (κ1) is 21.0. The standard InChI is InChI=1S/C22H22BrN3O3S/c23-17-6-4-15(5-7-17)21(27)16-8-10-26(11-9-16)12-13-29-22(28)25-19-2-1-3-20-18(19)14-24-30-20/h1-7,14,16H,8-13H2,(H,25,28). The third-order valence-electron chi connectivity index (χ3n) is 5.36. The van der Waals surface area contributed by atoms with Crippen LogP contribution in [0.3, 0.4) is 0 Å². The number of benzene rings is 2. The molecular formula is C22H22BrN3O3S. The molecule has 3 aromatic rings. The van der Waals surface area contributed by atoms with E-state index in [9.17, 15) is 9.59 Å². The highest BCUT2D eigenvalue weighted by Crippen LogP contribution is 2.26. The fraction of sp³-hybridized carbons (Fsp3) is 0.318. The summed E-state index contributed by atoms with van der Waals surface area (Å²) in [5, 5.41) is 3.71. The lowest BCUT2D eigenvalue weighted by Gasteiger charge is -2.31. The van der Waals surface area contributed by atoms with Gasteiger partial charge in [0.15, 0.2) is 5.78 Å². The predicted molar refractivity (Wildman–Crippen MR) is 122 cm³/mol. The van der Waals surface area contributed by atoms with Crippen molar-refractivity contribution in [2.75, 3.05) is 31.6 Å². The van der Waals surface area contributed by atoms with Crippen molar-refractivity contribution < 1.29 is 14.3 Å². The number of fused-ring (bicyclic) bond motifs is 1. The lowest BCUT2D eigenvalue weighted by atomic mass is 9.89. The summed E-state index contributed by atoms with van der Waals surface area (Å²) in [6.07, 6.45) is 2.94. The second-order valence-electron chi connectivity index (χ2n) is 7.29. The summed E-state index contributed by atoms with van der Waals surface area (Å²) in [5.41, 5.74) is 1.48. The molecule has 0 bridgehead atoms. The van der Waals surface area contributed by atoms with E-state index >= 15 is 0 Å². The molecule has 1 amide bonds. The zero-order valence-electron chi connectivity index (χ0n) is 16.3. The highest BCUT2D eigenvalue weighted by Gasteiger charge is 2.25. The van der Waals surface area contributed by atoms with E-state index in [1.807, 2.05) is 42.5 Å². The smallest absolute Gasteiger partial charge is 0.411 e. The number of amides is 1. The molecule has 4 rings (SSSR count). The summed E-state index contributed by atoms with van der Waals surface area (Å²) in [7, 11) is 0. The number of rotatable bonds is 6. The molecule has 0 spiro atoms. The minimum atomic E-state index is -0.464. The number of likely N-dealkylation sites (tertiary alicyclic amines) is 1. The molecule has 1 saturated heterocycles. The summed E-state index contributed by atoms with van der Waals surface area (Å²) in [4.78, 5) is 27.0. The lowest BCUT2D eigenvalue weighted by Crippen LogP contribution is -2.38. The molecule has 8 heteroatoms. The molecule has 30 heavy (non-hydrogen) atoms. The van der Waals surface area contributed by atoms with Gasteiger partial charge in [-0.1, -0.05) is 34.1 Å². The number of carbonyl (C=O) groups excluding carboxylic acids is 2. The normalized spacial score (nSPS) is 15.2. The first-order valence-corrected chi connectivity index (χ1v) is 11.5. The van der Waals surface area contributed by atoms with Gasteiger partial charge in [0.25, 0.3) is 0 Å². The molecule has 0 aliphatic carbocycles. The topological polar surface area (TPSA) is 71.5 Å². The zero-order valence-corrected chi connectivity index (χ0v) is 18.7. The van der Waals surface area contributed by atoms with E-state index in [4.69, 9.17) is 4.74 Å². The van der Waals surface area contributed by atoms with Crippen molar-refractivity contribution in [1.82, 2.24) is 9.27 Å². The molecule has 0 atom stereocenters. The zero-order chi connectivity index (χ0) is 20.9. The van der Waals surface area contributed by atoms with Crippen molar-refractivity contribution in [3.8, 4) is 0 Å². The average molecular weight is 488 g/mol. The van der Waals surface area contributed by atoms with Crippen LogP contribution in [0.5, 0.6) is 0 Å². The van der Waals surface area contributed by atoms with Crippen LogP contribution >= 0.6 is 27.5 Å². The Bertz CT molecular complexity index is 1030. The summed E-state index contributed by atoms with van der Waals surface area (Å²) in [5.74, 6) is 0.279. The van der Waals surface area contributed by atoms with Crippen LogP contribution < -0.4 is 5.32 Å². The third kappa shape index (κ3) is 5.06. The molecule has 0 radical (unpaired) electrons. The van der Waals surface area contributed by atoms with Gasteiger partial charge in [-0.05, 0) is 61.7 Å².